The summed E-state index contributed by atoms with van der Waals surface area (Å²) in [7, 11) is 0. The highest BCUT2D eigenvalue weighted by Gasteiger charge is 2.32. The molecule has 2 heterocycles. The Hall–Kier alpha value is -3.64. The minimum absolute atomic E-state index is 0.0451. The quantitative estimate of drug-likeness (QED) is 0.309. The van der Waals surface area contributed by atoms with Gasteiger partial charge in [-0.25, -0.2) is 4.79 Å². The van der Waals surface area contributed by atoms with Crippen LogP contribution in [0, 0.1) is 0 Å². The van der Waals surface area contributed by atoms with E-state index in [1.807, 2.05) is 29.2 Å². The molecule has 4 aromatic rings. The van der Waals surface area contributed by atoms with Crippen LogP contribution in [0.1, 0.15) is 49.2 Å². The number of anilines is 2. The Kier molecular flexibility index (Phi) is 6.31. The lowest BCUT2D eigenvalue weighted by Crippen LogP contribution is -2.43. The molecule has 178 valence electrons. The molecule has 35 heavy (non-hydrogen) atoms. The highest BCUT2D eigenvalue weighted by atomic mass is 32.1. The van der Waals surface area contributed by atoms with Gasteiger partial charge in [0, 0.05) is 29.0 Å². The second-order valence-electron chi connectivity index (χ2n) is 8.92. The minimum Gasteiger partial charge on any atom is -0.462 e. The molecule has 1 amide bonds. The van der Waals surface area contributed by atoms with E-state index in [0.29, 0.717) is 12.2 Å². The van der Waals surface area contributed by atoms with Crippen molar-refractivity contribution in [1.82, 2.24) is 0 Å². The minimum atomic E-state index is -0.317. The number of thiophene rings is 1. The van der Waals surface area contributed by atoms with Crippen LogP contribution >= 0.6 is 11.3 Å². The maximum atomic E-state index is 12.5. The van der Waals surface area contributed by atoms with Gasteiger partial charge in [-0.05, 0) is 90.2 Å². The van der Waals surface area contributed by atoms with Gasteiger partial charge >= 0.3 is 5.97 Å². The molecule has 0 radical (unpaired) electrons. The molecule has 2 atom stereocenters. The molecule has 1 aliphatic heterocycles. The smallest absolute Gasteiger partial charge is 0.338 e. The van der Waals surface area contributed by atoms with Crippen molar-refractivity contribution in [3.63, 3.8) is 0 Å². The van der Waals surface area contributed by atoms with Gasteiger partial charge in [0.15, 0.2) is 0 Å². The Labute approximate surface area is 209 Å². The molecule has 0 spiro atoms. The van der Waals surface area contributed by atoms with E-state index < -0.39 is 0 Å². The molecule has 0 bridgehead atoms. The number of nitrogens with zero attached hydrogens (tertiary/aromatic N) is 1. The van der Waals surface area contributed by atoms with Crippen LogP contribution in [0.15, 0.2) is 72.1 Å². The van der Waals surface area contributed by atoms with Crippen molar-refractivity contribution < 1.29 is 14.3 Å². The molecule has 0 saturated heterocycles. The number of fused-ring (bicyclic) bond motifs is 2. The average molecular weight is 485 g/mol. The third-order valence-electron chi connectivity index (χ3n) is 6.55. The fourth-order valence-corrected chi connectivity index (χ4v) is 5.75. The standard InChI is InChI=1S/C29H28N2O3S/c1-4-34-29(33)22-7-5-20(6-8-22)23-10-12-27-25(16-23)26(15-18(2)31(27)19(3)32)30-24-11-9-21-13-14-35-28(21)17-24/h5-14,16-18,26,30H,4,15H2,1-3H3/t18-,26+/m0/s1. The third-order valence-corrected chi connectivity index (χ3v) is 7.43. The molecule has 1 aliphatic rings. The van der Waals surface area contributed by atoms with Crippen molar-refractivity contribution in [2.75, 3.05) is 16.8 Å². The van der Waals surface area contributed by atoms with Gasteiger partial charge in [0.05, 0.1) is 18.2 Å². The molecule has 3 aromatic carbocycles. The van der Waals surface area contributed by atoms with Crippen molar-refractivity contribution >= 4 is 44.7 Å². The molecule has 0 saturated carbocycles. The van der Waals surface area contributed by atoms with Crippen molar-refractivity contribution in [3.8, 4) is 11.1 Å². The van der Waals surface area contributed by atoms with Gasteiger partial charge in [0.2, 0.25) is 5.91 Å². The van der Waals surface area contributed by atoms with Crippen molar-refractivity contribution in [1.29, 1.82) is 0 Å². The Morgan fingerprint density at radius 1 is 1.03 bits per heavy atom. The van der Waals surface area contributed by atoms with Gasteiger partial charge in [-0.2, -0.15) is 0 Å². The molecule has 6 heteroatoms. The van der Waals surface area contributed by atoms with E-state index in [4.69, 9.17) is 4.74 Å². The van der Waals surface area contributed by atoms with Gasteiger partial charge in [0.25, 0.3) is 0 Å². The number of carbonyl (C=O) groups is 2. The fraction of sp³-hybridized carbons (Fsp3) is 0.241. The second kappa shape index (κ2) is 9.55. The topological polar surface area (TPSA) is 58.6 Å². The SMILES string of the molecule is CCOC(=O)c1ccc(-c2ccc3c(c2)[C@H](Nc2ccc4ccsc4c2)C[C@H](C)N3C(C)=O)cc1. The van der Waals surface area contributed by atoms with E-state index in [1.165, 1.54) is 10.1 Å². The van der Waals surface area contributed by atoms with Crippen LogP contribution in [-0.4, -0.2) is 24.5 Å². The zero-order valence-electron chi connectivity index (χ0n) is 20.1. The van der Waals surface area contributed by atoms with Gasteiger partial charge in [-0.15, -0.1) is 11.3 Å². The monoisotopic (exact) mass is 484 g/mol. The number of amides is 1. The lowest BCUT2D eigenvalue weighted by atomic mass is 9.88. The summed E-state index contributed by atoms with van der Waals surface area (Å²) in [6.45, 7) is 5.88. The van der Waals surface area contributed by atoms with Gasteiger partial charge < -0.3 is 15.0 Å². The molecule has 0 unspecified atom stereocenters. The van der Waals surface area contributed by atoms with Crippen molar-refractivity contribution in [3.05, 3.63) is 83.2 Å². The Morgan fingerprint density at radius 3 is 2.54 bits per heavy atom. The summed E-state index contributed by atoms with van der Waals surface area (Å²) < 4.78 is 6.35. The third kappa shape index (κ3) is 4.54. The summed E-state index contributed by atoms with van der Waals surface area (Å²) in [5.41, 5.74) is 5.69. The van der Waals surface area contributed by atoms with Gasteiger partial charge in [-0.3, -0.25) is 4.79 Å². The zero-order chi connectivity index (χ0) is 24.5. The highest BCUT2D eigenvalue weighted by Crippen LogP contribution is 2.41. The first-order valence-corrected chi connectivity index (χ1v) is 12.8. The predicted molar refractivity (Wildman–Crippen MR) is 143 cm³/mol. The Morgan fingerprint density at radius 2 is 1.80 bits per heavy atom. The van der Waals surface area contributed by atoms with Crippen LogP contribution in [0.5, 0.6) is 0 Å². The fourth-order valence-electron chi connectivity index (χ4n) is 4.92. The molecule has 5 rings (SSSR count). The Balaban J connectivity index is 1.51. The molecule has 0 fully saturated rings. The average Bonchev–Trinajstić information content (AvgIpc) is 3.32. The number of esters is 1. The van der Waals surface area contributed by atoms with Crippen LogP contribution in [0.25, 0.3) is 21.2 Å². The van der Waals surface area contributed by atoms with Gasteiger partial charge in [-0.1, -0.05) is 24.3 Å². The zero-order valence-corrected chi connectivity index (χ0v) is 20.9. The Bertz CT molecular complexity index is 1390. The summed E-state index contributed by atoms with van der Waals surface area (Å²) in [5, 5.41) is 7.09. The lowest BCUT2D eigenvalue weighted by Gasteiger charge is -2.39. The molecule has 5 nitrogen and oxygen atoms in total. The number of rotatable bonds is 5. The number of hydrogen-bond donors (Lipinski definition) is 1. The van der Waals surface area contributed by atoms with E-state index in [0.717, 1.165) is 34.5 Å². The summed E-state index contributed by atoms with van der Waals surface area (Å²) in [6.07, 6.45) is 0.806. The number of hydrogen-bond acceptors (Lipinski definition) is 5. The summed E-state index contributed by atoms with van der Waals surface area (Å²) in [5.74, 6) is -0.272. The van der Waals surface area contributed by atoms with Crippen LogP contribution < -0.4 is 10.2 Å². The first kappa shape index (κ1) is 23.1. The van der Waals surface area contributed by atoms with Crippen molar-refractivity contribution in [2.24, 2.45) is 0 Å². The van der Waals surface area contributed by atoms with Crippen LogP contribution in [0.2, 0.25) is 0 Å². The maximum Gasteiger partial charge on any atom is 0.338 e. The largest absolute Gasteiger partial charge is 0.462 e. The first-order valence-electron chi connectivity index (χ1n) is 11.9. The summed E-state index contributed by atoms with van der Waals surface area (Å²) in [6, 6.07) is 22.4. The number of nitrogens with one attached hydrogen (secondary N) is 1. The number of carbonyl (C=O) groups excluding carboxylic acids is 2. The summed E-state index contributed by atoms with van der Waals surface area (Å²) in [4.78, 5) is 26.4. The molecule has 1 N–H and O–H groups in total. The van der Waals surface area contributed by atoms with E-state index >= 15 is 0 Å². The highest BCUT2D eigenvalue weighted by molar-refractivity contribution is 7.17. The van der Waals surface area contributed by atoms with E-state index in [9.17, 15) is 9.59 Å². The number of ether oxygens (including phenoxy) is 1. The van der Waals surface area contributed by atoms with E-state index in [2.05, 4.69) is 48.0 Å². The van der Waals surface area contributed by atoms with E-state index in [1.54, 1.807) is 37.3 Å². The maximum absolute atomic E-state index is 12.5. The second-order valence-corrected chi connectivity index (χ2v) is 9.86. The van der Waals surface area contributed by atoms with Crippen LogP contribution in [0.3, 0.4) is 0 Å². The lowest BCUT2D eigenvalue weighted by molar-refractivity contribution is -0.117. The normalized spacial score (nSPS) is 17.2. The van der Waals surface area contributed by atoms with Crippen LogP contribution in [-0.2, 0) is 9.53 Å². The molecule has 0 aliphatic carbocycles. The molecule has 1 aromatic heterocycles. The van der Waals surface area contributed by atoms with Gasteiger partial charge in [0.1, 0.15) is 0 Å². The van der Waals surface area contributed by atoms with E-state index in [-0.39, 0.29) is 24.0 Å². The first-order chi connectivity index (χ1) is 16.9. The predicted octanol–water partition coefficient (Wildman–Crippen LogP) is 7.04. The molecular formula is C29H28N2O3S. The van der Waals surface area contributed by atoms with Crippen molar-refractivity contribution in [2.45, 2.75) is 39.3 Å². The van der Waals surface area contributed by atoms with Crippen LogP contribution in [0.4, 0.5) is 11.4 Å². The molecular weight excluding hydrogens is 456 g/mol. The number of benzene rings is 3. The summed E-state index contributed by atoms with van der Waals surface area (Å²) >= 11 is 1.73.